The molecule has 0 aliphatic carbocycles. The molecular weight excluding hydrogens is 770 g/mol. The fourth-order valence-corrected chi connectivity index (χ4v) is 8.38. The Morgan fingerprint density at radius 3 is 2.60 bits per heavy atom. The van der Waals surface area contributed by atoms with E-state index in [0.717, 1.165) is 12.0 Å². The van der Waals surface area contributed by atoms with Crippen LogP contribution in [0.25, 0.3) is 0 Å². The van der Waals surface area contributed by atoms with Crippen LogP contribution in [0.4, 0.5) is 5.69 Å². The maximum atomic E-state index is 14.2. The number of carboxylic acids is 1. The fraction of sp³-hybridized carbons (Fsp3) is 0.528. The quantitative estimate of drug-likeness (QED) is 0.0445. The molecule has 0 saturated carbocycles. The van der Waals surface area contributed by atoms with Crippen LogP contribution in [0.5, 0.6) is 5.75 Å². The van der Waals surface area contributed by atoms with Crippen LogP contribution in [-0.2, 0) is 30.8 Å². The molecule has 0 aromatic heterocycles. The first-order valence-electron chi connectivity index (χ1n) is 17.9. The molecule has 4 atom stereocenters. The SMILES string of the molecule is CC1CNc2c(cccc2S(=O)(=O)N[C@@H](CCCN=C(N)N)C(=O)N2CC[C@@H](C)C[C@@H]2C(=O)NCCCCCC(=O)Oc2ccc(Br)cc2C(=O)O)C1. The van der Waals surface area contributed by atoms with Gasteiger partial charge in [0.25, 0.3) is 0 Å². The standard InChI is InChI=1S/C36H50BrN7O8S/c1-22-14-17-44(28(19-22)33(46)40-15-5-3-4-11-31(45)52-29-13-12-25(37)20-26(29)35(48)49)34(47)27(9-7-16-41-36(38)39)43-53(50,51)30-10-6-8-24-18-23(2)21-42-32(24)30/h6,8,10,12-13,20,22-23,27-28,42-43H,3-5,7,9,11,14-19,21H2,1-2H3,(H,40,46)(H,48,49)(H4,38,39,41)/t22-,23?,27+,28-/m1/s1. The molecule has 15 nitrogen and oxygen atoms in total. The monoisotopic (exact) mass is 819 g/mol. The van der Waals surface area contributed by atoms with Crippen LogP contribution in [0.1, 0.15) is 81.1 Å². The molecule has 1 fully saturated rings. The number of piperidine rings is 1. The largest absolute Gasteiger partial charge is 0.478 e. The zero-order valence-corrected chi connectivity index (χ0v) is 32.5. The summed E-state index contributed by atoms with van der Waals surface area (Å²) >= 11 is 3.21. The van der Waals surface area contributed by atoms with Crippen LogP contribution >= 0.6 is 15.9 Å². The number of carbonyl (C=O) groups excluding carboxylic acids is 3. The van der Waals surface area contributed by atoms with Gasteiger partial charge in [-0.25, -0.2) is 13.2 Å². The van der Waals surface area contributed by atoms with Crippen LogP contribution in [0.2, 0.25) is 0 Å². The maximum Gasteiger partial charge on any atom is 0.339 e. The molecule has 1 saturated heterocycles. The molecule has 2 aromatic rings. The summed E-state index contributed by atoms with van der Waals surface area (Å²) in [6.45, 7) is 5.50. The number of amides is 2. The molecule has 0 bridgehead atoms. The Balaban J connectivity index is 1.37. The summed E-state index contributed by atoms with van der Waals surface area (Å²) in [5, 5.41) is 15.5. The number of benzene rings is 2. The number of hydrogen-bond donors (Lipinski definition) is 6. The Morgan fingerprint density at radius 2 is 1.87 bits per heavy atom. The number of nitrogens with two attached hydrogens (primary N) is 2. The van der Waals surface area contributed by atoms with E-state index in [2.05, 4.69) is 43.2 Å². The number of nitrogens with one attached hydrogen (secondary N) is 3. The number of guanidine groups is 1. The van der Waals surface area contributed by atoms with Gasteiger partial charge in [-0.1, -0.05) is 48.3 Å². The number of esters is 1. The normalized spacial score (nSPS) is 18.9. The highest BCUT2D eigenvalue weighted by molar-refractivity contribution is 9.10. The molecule has 2 amide bonds. The van der Waals surface area contributed by atoms with Crippen molar-refractivity contribution < 1.29 is 37.4 Å². The summed E-state index contributed by atoms with van der Waals surface area (Å²) in [6.07, 6.45) is 3.88. The lowest BCUT2D eigenvalue weighted by Gasteiger charge is -2.39. The molecule has 1 unspecified atom stereocenters. The number of para-hydroxylation sites is 1. The van der Waals surface area contributed by atoms with Gasteiger partial charge in [-0.3, -0.25) is 19.4 Å². The number of hydrogen-bond acceptors (Lipinski definition) is 9. The number of nitrogens with zero attached hydrogens (tertiary/aromatic N) is 2. The number of aliphatic imine (C=N–C) groups is 1. The van der Waals surface area contributed by atoms with Crippen molar-refractivity contribution in [2.45, 2.75) is 88.6 Å². The maximum absolute atomic E-state index is 14.2. The van der Waals surface area contributed by atoms with Gasteiger partial charge in [0.05, 0.1) is 5.69 Å². The third kappa shape index (κ3) is 11.9. The molecule has 2 aliphatic rings. The van der Waals surface area contributed by atoms with E-state index in [1.807, 2.05) is 13.0 Å². The number of carboxylic acid groups (broad SMARTS) is 1. The lowest BCUT2D eigenvalue weighted by molar-refractivity contribution is -0.144. The van der Waals surface area contributed by atoms with Crippen molar-refractivity contribution in [1.82, 2.24) is 14.9 Å². The molecule has 0 spiro atoms. The first-order chi connectivity index (χ1) is 25.2. The Kier molecular flexibility index (Phi) is 15.1. The zero-order valence-electron chi connectivity index (χ0n) is 30.1. The van der Waals surface area contributed by atoms with Gasteiger partial charge < -0.3 is 36.8 Å². The summed E-state index contributed by atoms with van der Waals surface area (Å²) in [4.78, 5) is 57.1. The van der Waals surface area contributed by atoms with Crippen molar-refractivity contribution in [2.75, 3.05) is 31.5 Å². The molecular formula is C36H50BrN7O8S. The van der Waals surface area contributed by atoms with Gasteiger partial charge in [-0.15, -0.1) is 0 Å². The smallest absolute Gasteiger partial charge is 0.339 e. The second kappa shape index (κ2) is 19.2. The molecule has 17 heteroatoms. The topological polar surface area (TPSA) is 236 Å². The minimum atomic E-state index is -4.17. The first kappa shape index (κ1) is 41.5. The van der Waals surface area contributed by atoms with Gasteiger partial charge in [-0.05, 0) is 86.6 Å². The highest BCUT2D eigenvalue weighted by Crippen LogP contribution is 2.32. The number of fused-ring (bicyclic) bond motifs is 1. The van der Waals surface area contributed by atoms with Gasteiger partial charge >= 0.3 is 11.9 Å². The van der Waals surface area contributed by atoms with Crippen molar-refractivity contribution in [3.8, 4) is 5.75 Å². The van der Waals surface area contributed by atoms with E-state index in [-0.39, 0.29) is 59.9 Å². The summed E-state index contributed by atoms with van der Waals surface area (Å²) in [5.74, 6) is -2.25. The number of rotatable bonds is 17. The average molecular weight is 821 g/mol. The number of likely N-dealkylation sites (tertiary alicyclic amines) is 1. The summed E-state index contributed by atoms with van der Waals surface area (Å²) in [7, 11) is -4.17. The third-order valence-corrected chi connectivity index (χ3v) is 11.3. The highest BCUT2D eigenvalue weighted by Gasteiger charge is 2.39. The van der Waals surface area contributed by atoms with Gasteiger partial charge in [-0.2, -0.15) is 4.72 Å². The van der Waals surface area contributed by atoms with Crippen molar-refractivity contribution >= 4 is 61.4 Å². The Bertz CT molecular complexity index is 1790. The van der Waals surface area contributed by atoms with E-state index in [9.17, 15) is 32.7 Å². The number of carbonyl (C=O) groups is 4. The predicted octanol–water partition coefficient (Wildman–Crippen LogP) is 3.36. The highest BCUT2D eigenvalue weighted by atomic mass is 79.9. The van der Waals surface area contributed by atoms with Crippen LogP contribution in [0.15, 0.2) is 50.8 Å². The molecule has 2 aromatic carbocycles. The molecule has 0 radical (unpaired) electrons. The number of anilines is 1. The molecule has 53 heavy (non-hydrogen) atoms. The van der Waals surface area contributed by atoms with E-state index in [4.69, 9.17) is 16.2 Å². The fourth-order valence-electron chi connectivity index (χ4n) is 6.57. The van der Waals surface area contributed by atoms with Gasteiger partial charge in [0.2, 0.25) is 21.8 Å². The second-order valence-corrected chi connectivity index (χ2v) is 16.4. The minimum Gasteiger partial charge on any atom is -0.478 e. The van der Waals surface area contributed by atoms with Crippen LogP contribution < -0.4 is 31.6 Å². The second-order valence-electron chi connectivity index (χ2n) is 13.8. The Labute approximate surface area is 318 Å². The third-order valence-electron chi connectivity index (χ3n) is 9.34. The molecule has 8 N–H and O–H groups in total. The zero-order chi connectivity index (χ0) is 38.7. The first-order valence-corrected chi connectivity index (χ1v) is 20.2. The van der Waals surface area contributed by atoms with E-state index >= 15 is 0 Å². The Morgan fingerprint density at radius 1 is 1.09 bits per heavy atom. The number of halogens is 1. The van der Waals surface area contributed by atoms with E-state index in [0.29, 0.717) is 67.7 Å². The lowest BCUT2D eigenvalue weighted by Crippen LogP contribution is -2.58. The number of aromatic carboxylic acids is 1. The Hall–Kier alpha value is -4.22. The predicted molar refractivity (Wildman–Crippen MR) is 204 cm³/mol. The van der Waals surface area contributed by atoms with E-state index in [1.165, 1.54) is 23.1 Å². The van der Waals surface area contributed by atoms with E-state index in [1.54, 1.807) is 12.1 Å². The van der Waals surface area contributed by atoms with Crippen LogP contribution in [-0.4, -0.2) is 86.4 Å². The molecule has 2 aliphatic heterocycles. The number of ether oxygens (including phenoxy) is 1. The summed E-state index contributed by atoms with van der Waals surface area (Å²) in [5.41, 5.74) is 12.2. The van der Waals surface area contributed by atoms with Gasteiger partial charge in [0.1, 0.15) is 28.3 Å². The molecule has 2 heterocycles. The van der Waals surface area contributed by atoms with Crippen molar-refractivity contribution in [1.29, 1.82) is 0 Å². The summed E-state index contributed by atoms with van der Waals surface area (Å²) < 4.78 is 36.2. The van der Waals surface area contributed by atoms with E-state index < -0.39 is 40.0 Å². The summed E-state index contributed by atoms with van der Waals surface area (Å²) in [6, 6.07) is 7.50. The van der Waals surface area contributed by atoms with Gasteiger partial charge in [0, 0.05) is 37.1 Å². The number of sulfonamides is 1. The minimum absolute atomic E-state index is 0.0340. The molecule has 4 rings (SSSR count). The van der Waals surface area contributed by atoms with Crippen LogP contribution in [0.3, 0.4) is 0 Å². The lowest BCUT2D eigenvalue weighted by atomic mass is 9.91. The number of unbranched alkanes of at least 4 members (excludes halogenated alkanes) is 2. The van der Waals surface area contributed by atoms with Crippen LogP contribution in [0, 0.1) is 11.8 Å². The van der Waals surface area contributed by atoms with Crippen molar-refractivity contribution in [2.24, 2.45) is 28.3 Å². The molecule has 290 valence electrons. The van der Waals surface area contributed by atoms with Gasteiger partial charge in [0.15, 0.2) is 5.96 Å². The van der Waals surface area contributed by atoms with Crippen molar-refractivity contribution in [3.05, 3.63) is 52.0 Å². The van der Waals surface area contributed by atoms with Crippen molar-refractivity contribution in [3.63, 3.8) is 0 Å². The average Bonchev–Trinajstić information content (AvgIpc) is 3.10.